The van der Waals surface area contributed by atoms with Crippen LogP contribution in [-0.2, 0) is 0 Å². The molecule has 0 unspecified atom stereocenters. The Kier molecular flexibility index (Phi) is 1.78. The number of aromatic nitrogens is 3. The molecule has 15 heavy (non-hydrogen) atoms. The zero-order valence-electron chi connectivity index (χ0n) is 8.22. The van der Waals surface area contributed by atoms with Gasteiger partial charge in [0.05, 0.1) is 18.9 Å². The summed E-state index contributed by atoms with van der Waals surface area (Å²) in [4.78, 5) is 0.665. The molecule has 0 aromatic carbocycles. The van der Waals surface area contributed by atoms with Crippen LogP contribution in [0.4, 0.5) is 11.5 Å². The zero-order chi connectivity index (χ0) is 11.2. The summed E-state index contributed by atoms with van der Waals surface area (Å²) < 4.78 is 0.772. The predicted octanol–water partition coefficient (Wildman–Crippen LogP) is -0.366. The number of nitrogens with zero attached hydrogens (tertiary/aromatic N) is 3. The number of rotatable bonds is 2. The first kappa shape index (κ1) is 9.31. The van der Waals surface area contributed by atoms with Crippen LogP contribution in [0.2, 0.25) is 0 Å². The van der Waals surface area contributed by atoms with E-state index in [0.29, 0.717) is 10.5 Å². The fourth-order valence-corrected chi connectivity index (χ4v) is 1.58. The third-order valence-electron chi connectivity index (χ3n) is 2.25. The minimum Gasteiger partial charge on any atom is -0.690 e. The molecule has 0 aliphatic carbocycles. The van der Waals surface area contributed by atoms with Crippen LogP contribution in [0.15, 0.2) is 6.20 Å². The lowest BCUT2D eigenvalue weighted by Crippen LogP contribution is -2.38. The van der Waals surface area contributed by atoms with E-state index in [4.69, 9.17) is 0 Å². The van der Waals surface area contributed by atoms with E-state index < -0.39 is 0 Å². The van der Waals surface area contributed by atoms with Crippen molar-refractivity contribution in [3.05, 3.63) is 11.4 Å². The van der Waals surface area contributed by atoms with Crippen molar-refractivity contribution in [1.29, 1.82) is 0 Å². The van der Waals surface area contributed by atoms with E-state index in [9.17, 15) is 15.6 Å². The van der Waals surface area contributed by atoms with Crippen molar-refractivity contribution in [2.24, 2.45) is 0 Å². The molecule has 2 aromatic heterocycles. The van der Waals surface area contributed by atoms with Gasteiger partial charge in [0.2, 0.25) is 5.52 Å². The molecule has 4 N–H and O–H groups in total. The van der Waals surface area contributed by atoms with Gasteiger partial charge in [-0.3, -0.25) is 5.32 Å². The van der Waals surface area contributed by atoms with Crippen molar-refractivity contribution in [1.82, 2.24) is 9.58 Å². The number of hydrogen-bond acceptors (Lipinski definition) is 5. The van der Waals surface area contributed by atoms with Crippen LogP contribution in [0.25, 0.3) is 11.0 Å². The Morgan fingerprint density at radius 2 is 1.93 bits per heavy atom. The second kappa shape index (κ2) is 2.87. The first-order valence-corrected chi connectivity index (χ1v) is 4.25. The molecule has 2 heterocycles. The zero-order valence-corrected chi connectivity index (χ0v) is 8.22. The first-order valence-electron chi connectivity index (χ1n) is 4.25. The quantitative estimate of drug-likeness (QED) is 0.310. The van der Waals surface area contributed by atoms with E-state index in [1.165, 1.54) is 13.2 Å². The summed E-state index contributed by atoms with van der Waals surface area (Å²) in [7, 11) is 3.14. The van der Waals surface area contributed by atoms with E-state index in [1.807, 2.05) is 0 Å². The van der Waals surface area contributed by atoms with Gasteiger partial charge in [-0.15, -0.1) is 4.85 Å². The van der Waals surface area contributed by atoms with Crippen LogP contribution < -0.4 is 15.5 Å². The van der Waals surface area contributed by atoms with E-state index in [2.05, 4.69) is 10.6 Å². The smallest absolute Gasteiger partial charge is 0.330 e. The molecule has 2 rings (SSSR count). The number of nitrogens with one attached hydrogen (secondary N) is 2. The number of hydrogen-bond donors (Lipinski definition) is 4. The molecule has 0 spiro atoms. The lowest BCUT2D eigenvalue weighted by Gasteiger charge is -2.03. The van der Waals surface area contributed by atoms with Crippen molar-refractivity contribution < 1.29 is 15.3 Å². The maximum Gasteiger partial charge on any atom is 0.330 e. The monoisotopic (exact) mass is 213 g/mol. The molecule has 2 aromatic rings. The molecule has 0 aliphatic rings. The molecule has 0 radical (unpaired) electrons. The van der Waals surface area contributed by atoms with Gasteiger partial charge in [0.1, 0.15) is 0 Å². The average molecular weight is 213 g/mol. The summed E-state index contributed by atoms with van der Waals surface area (Å²) in [6, 6.07) is 0. The summed E-state index contributed by atoms with van der Waals surface area (Å²) in [6.07, 6.45) is 1.36. The minimum atomic E-state index is 0.0662. The molecule has 0 saturated heterocycles. The van der Waals surface area contributed by atoms with Crippen LogP contribution in [0, 0.1) is 5.21 Å². The molecule has 0 atom stereocenters. The molecule has 0 aliphatic heterocycles. The fraction of sp³-hybridized carbons (Fsp3) is 0.286. The summed E-state index contributed by atoms with van der Waals surface area (Å²) in [6.45, 7) is 0. The third kappa shape index (κ3) is 0.981. The molecular weight excluding hydrogens is 202 g/mol. The van der Waals surface area contributed by atoms with Crippen molar-refractivity contribution >= 4 is 22.5 Å². The Balaban J connectivity index is 2.91. The second-order valence-corrected chi connectivity index (χ2v) is 3.00. The van der Waals surface area contributed by atoms with Gasteiger partial charge in [-0.25, -0.2) is 0 Å². The van der Waals surface area contributed by atoms with Gasteiger partial charge in [0, 0.05) is 7.05 Å². The third-order valence-corrected chi connectivity index (χ3v) is 2.25. The Morgan fingerprint density at radius 1 is 1.27 bits per heavy atom. The summed E-state index contributed by atoms with van der Waals surface area (Å²) in [5, 5.41) is 35.8. The van der Waals surface area contributed by atoms with Gasteiger partial charge in [0.25, 0.3) is 0 Å². The number of fused-ring (bicyclic) bond motifs is 1. The standard InChI is InChI=1S/C7H11N5O3/c1-8-4-3-10(13)6-5(4)11(14)12(15)7(6)9-2/h3,8-9,13-14H,1-2H3. The summed E-state index contributed by atoms with van der Waals surface area (Å²) in [5.41, 5.74) is 0.861. The molecule has 0 bridgehead atoms. The van der Waals surface area contributed by atoms with Crippen LogP contribution in [0.1, 0.15) is 0 Å². The Morgan fingerprint density at radius 3 is 2.47 bits per heavy atom. The molecule has 82 valence electrons. The highest BCUT2D eigenvalue weighted by Crippen LogP contribution is 2.28. The SMILES string of the molecule is CNc1cn(O)c2c(NC)[n+]([O-])n(O)c12. The van der Waals surface area contributed by atoms with Crippen molar-refractivity contribution in [3.63, 3.8) is 0 Å². The van der Waals surface area contributed by atoms with Crippen LogP contribution in [-0.4, -0.2) is 34.1 Å². The summed E-state index contributed by atoms with van der Waals surface area (Å²) in [5.74, 6) is 0.0662. The molecule has 0 amide bonds. The maximum atomic E-state index is 11.4. The maximum absolute atomic E-state index is 11.4. The second-order valence-electron chi connectivity index (χ2n) is 3.00. The van der Waals surface area contributed by atoms with Gasteiger partial charge in [-0.2, -0.15) is 4.73 Å². The van der Waals surface area contributed by atoms with Gasteiger partial charge in [-0.1, -0.05) is 0 Å². The lowest BCUT2D eigenvalue weighted by atomic mass is 10.4. The van der Waals surface area contributed by atoms with Crippen molar-refractivity contribution in [2.75, 3.05) is 24.7 Å². The Hall–Kier alpha value is -2.25. The van der Waals surface area contributed by atoms with Gasteiger partial charge in [0.15, 0.2) is 5.52 Å². The topological polar surface area (TPSA) is 101 Å². The Labute approximate surface area is 84.4 Å². The fourth-order valence-electron chi connectivity index (χ4n) is 1.58. The van der Waals surface area contributed by atoms with Gasteiger partial charge < -0.3 is 20.9 Å². The Bertz CT molecular complexity index is 514. The van der Waals surface area contributed by atoms with E-state index in [1.54, 1.807) is 7.05 Å². The predicted molar refractivity (Wildman–Crippen MR) is 52.4 cm³/mol. The molecular formula is C7H11N5O3. The van der Waals surface area contributed by atoms with Gasteiger partial charge in [-0.05, 0) is 4.85 Å². The normalized spacial score (nSPS) is 10.8. The van der Waals surface area contributed by atoms with Crippen LogP contribution in [0.3, 0.4) is 0 Å². The van der Waals surface area contributed by atoms with E-state index in [0.717, 1.165) is 4.73 Å². The summed E-state index contributed by atoms with van der Waals surface area (Å²) >= 11 is 0. The highest BCUT2D eigenvalue weighted by molar-refractivity contribution is 5.95. The van der Waals surface area contributed by atoms with E-state index in [-0.39, 0.29) is 21.7 Å². The van der Waals surface area contributed by atoms with Crippen LogP contribution in [0.5, 0.6) is 0 Å². The lowest BCUT2D eigenvalue weighted by molar-refractivity contribution is -0.709. The number of anilines is 2. The van der Waals surface area contributed by atoms with Crippen molar-refractivity contribution in [2.45, 2.75) is 0 Å². The van der Waals surface area contributed by atoms with E-state index >= 15 is 0 Å². The largest absolute Gasteiger partial charge is 0.690 e. The minimum absolute atomic E-state index is 0.0662. The van der Waals surface area contributed by atoms with Crippen molar-refractivity contribution in [3.8, 4) is 0 Å². The molecule has 0 saturated carbocycles. The molecule has 8 heteroatoms. The highest BCUT2D eigenvalue weighted by Gasteiger charge is 2.25. The molecule has 8 nitrogen and oxygen atoms in total. The first-order chi connectivity index (χ1) is 7.11. The average Bonchev–Trinajstić information content (AvgIpc) is 2.67. The van der Waals surface area contributed by atoms with Crippen LogP contribution >= 0.6 is 0 Å². The van der Waals surface area contributed by atoms with Gasteiger partial charge >= 0.3 is 5.82 Å². The highest BCUT2D eigenvalue weighted by atomic mass is 16.6. The molecule has 0 fully saturated rings.